The Morgan fingerprint density at radius 2 is 2.38 bits per heavy atom. The molecular formula is C11H12N2O3. The van der Waals surface area contributed by atoms with E-state index < -0.39 is 0 Å². The van der Waals surface area contributed by atoms with Gasteiger partial charge in [0.15, 0.2) is 0 Å². The van der Waals surface area contributed by atoms with Gasteiger partial charge in [-0.15, -0.1) is 0 Å². The average Bonchev–Trinajstić information content (AvgIpc) is 2.30. The van der Waals surface area contributed by atoms with E-state index in [1.54, 1.807) is 18.2 Å². The van der Waals surface area contributed by atoms with Crippen molar-refractivity contribution >= 4 is 18.0 Å². The standard InChI is InChI=1S/C11H12N2O3/c14-4-1-5-16-8-2-3-9-10(6-8)12-7-13-11(9)15/h2-3,6-7,9,14H,1,4-5H2. The van der Waals surface area contributed by atoms with E-state index in [0.29, 0.717) is 24.5 Å². The van der Waals surface area contributed by atoms with Crippen molar-refractivity contribution < 1.29 is 14.6 Å². The summed E-state index contributed by atoms with van der Waals surface area (Å²) in [7, 11) is 0. The minimum absolute atomic E-state index is 0.103. The van der Waals surface area contributed by atoms with Crippen molar-refractivity contribution in [3.8, 4) is 0 Å². The molecule has 0 spiro atoms. The molecule has 1 N–H and O–H groups in total. The molecule has 1 aliphatic heterocycles. The largest absolute Gasteiger partial charge is 0.493 e. The molecule has 2 aliphatic rings. The predicted molar refractivity (Wildman–Crippen MR) is 59.3 cm³/mol. The van der Waals surface area contributed by atoms with Crippen LogP contribution in [0.5, 0.6) is 0 Å². The number of aliphatic imine (C=N–C) groups is 2. The SMILES string of the molecule is O=C1N=CN=C2C=C(OCCCO)C=CC12. The van der Waals surface area contributed by atoms with Crippen LogP contribution in [0.3, 0.4) is 0 Å². The maximum atomic E-state index is 11.4. The van der Waals surface area contributed by atoms with Crippen molar-refractivity contribution in [1.82, 2.24) is 0 Å². The molecule has 1 unspecified atom stereocenters. The molecular weight excluding hydrogens is 208 g/mol. The first kappa shape index (κ1) is 10.8. The third kappa shape index (κ3) is 2.25. The Morgan fingerprint density at radius 3 is 3.19 bits per heavy atom. The van der Waals surface area contributed by atoms with E-state index in [1.165, 1.54) is 6.34 Å². The third-order valence-corrected chi connectivity index (χ3v) is 2.29. The Hall–Kier alpha value is -1.75. The molecule has 5 heteroatoms. The number of nitrogens with zero attached hydrogens (tertiary/aromatic N) is 2. The van der Waals surface area contributed by atoms with Gasteiger partial charge in [0.1, 0.15) is 18.0 Å². The van der Waals surface area contributed by atoms with Gasteiger partial charge in [0, 0.05) is 19.1 Å². The second-order valence-corrected chi connectivity index (χ2v) is 3.45. The maximum absolute atomic E-state index is 11.4. The van der Waals surface area contributed by atoms with E-state index >= 15 is 0 Å². The molecule has 16 heavy (non-hydrogen) atoms. The summed E-state index contributed by atoms with van der Waals surface area (Å²) in [5.74, 6) is 0.0913. The Morgan fingerprint density at radius 1 is 1.50 bits per heavy atom. The van der Waals surface area contributed by atoms with E-state index in [2.05, 4.69) is 9.98 Å². The second-order valence-electron chi connectivity index (χ2n) is 3.45. The number of fused-ring (bicyclic) bond motifs is 1. The van der Waals surface area contributed by atoms with Crippen molar-refractivity contribution in [3.63, 3.8) is 0 Å². The number of carbonyl (C=O) groups excluding carboxylic acids is 1. The highest BCUT2D eigenvalue weighted by atomic mass is 16.5. The van der Waals surface area contributed by atoms with E-state index in [1.807, 2.05) is 0 Å². The fourth-order valence-corrected chi connectivity index (χ4v) is 1.48. The molecule has 84 valence electrons. The Balaban J connectivity index is 2.04. The number of amides is 1. The summed E-state index contributed by atoms with van der Waals surface area (Å²) in [6, 6.07) is 0. The Bertz CT molecular complexity index is 407. The van der Waals surface area contributed by atoms with Crippen LogP contribution in [-0.4, -0.2) is 36.3 Å². The molecule has 1 amide bonds. The molecule has 1 atom stereocenters. The molecule has 0 radical (unpaired) electrons. The van der Waals surface area contributed by atoms with Gasteiger partial charge in [-0.25, -0.2) is 9.98 Å². The fourth-order valence-electron chi connectivity index (χ4n) is 1.48. The van der Waals surface area contributed by atoms with Gasteiger partial charge in [-0.05, 0) is 6.08 Å². The van der Waals surface area contributed by atoms with E-state index in [-0.39, 0.29) is 18.4 Å². The molecule has 0 aromatic carbocycles. The summed E-state index contributed by atoms with van der Waals surface area (Å²) >= 11 is 0. The average molecular weight is 220 g/mol. The maximum Gasteiger partial charge on any atom is 0.260 e. The molecule has 2 rings (SSSR count). The highest BCUT2D eigenvalue weighted by Crippen LogP contribution is 2.18. The van der Waals surface area contributed by atoms with E-state index in [4.69, 9.17) is 9.84 Å². The lowest BCUT2D eigenvalue weighted by Gasteiger charge is -2.17. The van der Waals surface area contributed by atoms with Crippen molar-refractivity contribution in [2.24, 2.45) is 15.9 Å². The zero-order chi connectivity index (χ0) is 11.4. The molecule has 0 aromatic heterocycles. The van der Waals surface area contributed by atoms with Crippen LogP contribution in [0.1, 0.15) is 6.42 Å². The van der Waals surface area contributed by atoms with Gasteiger partial charge in [0.05, 0.1) is 12.3 Å². The van der Waals surface area contributed by atoms with E-state index in [9.17, 15) is 4.79 Å². The number of ether oxygens (including phenoxy) is 1. The van der Waals surface area contributed by atoms with Crippen LogP contribution < -0.4 is 0 Å². The number of aliphatic hydroxyl groups excluding tert-OH is 1. The van der Waals surface area contributed by atoms with Crippen molar-refractivity contribution in [2.45, 2.75) is 6.42 Å². The van der Waals surface area contributed by atoms with Crippen molar-refractivity contribution in [2.75, 3.05) is 13.2 Å². The number of rotatable bonds is 4. The summed E-state index contributed by atoms with van der Waals surface area (Å²) in [4.78, 5) is 19.0. The highest BCUT2D eigenvalue weighted by molar-refractivity contribution is 6.18. The molecule has 5 nitrogen and oxygen atoms in total. The minimum atomic E-state index is -0.366. The summed E-state index contributed by atoms with van der Waals surface area (Å²) in [5, 5.41) is 8.61. The molecule has 0 saturated heterocycles. The zero-order valence-corrected chi connectivity index (χ0v) is 8.67. The lowest BCUT2D eigenvalue weighted by atomic mass is 9.96. The van der Waals surface area contributed by atoms with Crippen LogP contribution in [-0.2, 0) is 9.53 Å². The van der Waals surface area contributed by atoms with Gasteiger partial charge in [-0.3, -0.25) is 4.79 Å². The summed E-state index contributed by atoms with van der Waals surface area (Å²) in [6.07, 6.45) is 7.04. The number of allylic oxidation sites excluding steroid dienone is 2. The number of hydrogen-bond acceptors (Lipinski definition) is 4. The smallest absolute Gasteiger partial charge is 0.260 e. The van der Waals surface area contributed by atoms with Gasteiger partial charge in [-0.2, -0.15) is 0 Å². The van der Waals surface area contributed by atoms with Crippen LogP contribution in [0, 0.1) is 5.92 Å². The van der Waals surface area contributed by atoms with E-state index in [0.717, 1.165) is 0 Å². The van der Waals surface area contributed by atoms with Crippen LogP contribution in [0.4, 0.5) is 0 Å². The van der Waals surface area contributed by atoms with Crippen LogP contribution in [0.15, 0.2) is 34.0 Å². The predicted octanol–water partition coefficient (Wildman–Crippen LogP) is 0.465. The molecule has 0 saturated carbocycles. The molecule has 1 aliphatic carbocycles. The lowest BCUT2D eigenvalue weighted by Crippen LogP contribution is -2.25. The van der Waals surface area contributed by atoms with Crippen LogP contribution >= 0.6 is 0 Å². The summed E-state index contributed by atoms with van der Waals surface area (Å²) in [5.41, 5.74) is 0.654. The zero-order valence-electron chi connectivity index (χ0n) is 8.67. The number of aliphatic hydroxyl groups is 1. The first-order chi connectivity index (χ1) is 7.81. The molecule has 1 heterocycles. The van der Waals surface area contributed by atoms with Gasteiger partial charge >= 0.3 is 0 Å². The Kier molecular flexibility index (Phi) is 3.26. The quantitative estimate of drug-likeness (QED) is 0.700. The highest BCUT2D eigenvalue weighted by Gasteiger charge is 2.25. The topological polar surface area (TPSA) is 71.2 Å². The van der Waals surface area contributed by atoms with Crippen molar-refractivity contribution in [1.29, 1.82) is 0 Å². The fraction of sp³-hybridized carbons (Fsp3) is 0.364. The van der Waals surface area contributed by atoms with Gasteiger partial charge in [0.2, 0.25) is 0 Å². The lowest BCUT2D eigenvalue weighted by molar-refractivity contribution is -0.118. The normalized spacial score (nSPS) is 22.6. The number of hydrogen-bond donors (Lipinski definition) is 1. The van der Waals surface area contributed by atoms with Gasteiger partial charge in [-0.1, -0.05) is 6.08 Å². The van der Waals surface area contributed by atoms with Crippen LogP contribution in [0.25, 0.3) is 0 Å². The van der Waals surface area contributed by atoms with Gasteiger partial charge in [0.25, 0.3) is 5.91 Å². The monoisotopic (exact) mass is 220 g/mol. The number of carbonyl (C=O) groups is 1. The minimum Gasteiger partial charge on any atom is -0.493 e. The molecule has 0 aromatic rings. The third-order valence-electron chi connectivity index (χ3n) is 2.29. The molecule has 0 bridgehead atoms. The van der Waals surface area contributed by atoms with Gasteiger partial charge < -0.3 is 9.84 Å². The Labute approximate surface area is 92.9 Å². The summed E-state index contributed by atoms with van der Waals surface area (Å²) in [6.45, 7) is 0.554. The van der Waals surface area contributed by atoms with Crippen LogP contribution in [0.2, 0.25) is 0 Å². The molecule has 0 fully saturated rings. The first-order valence-electron chi connectivity index (χ1n) is 5.09. The summed E-state index contributed by atoms with van der Waals surface area (Å²) < 4.78 is 5.39. The second kappa shape index (κ2) is 4.85. The first-order valence-corrected chi connectivity index (χ1v) is 5.09. The van der Waals surface area contributed by atoms with Crippen molar-refractivity contribution in [3.05, 3.63) is 24.0 Å².